The van der Waals surface area contributed by atoms with Gasteiger partial charge in [0.25, 0.3) is 0 Å². The highest BCUT2D eigenvalue weighted by atomic mass is 16.5. The van der Waals surface area contributed by atoms with Crippen LogP contribution in [0.3, 0.4) is 0 Å². The monoisotopic (exact) mass is 269 g/mol. The summed E-state index contributed by atoms with van der Waals surface area (Å²) in [4.78, 5) is 0. The van der Waals surface area contributed by atoms with E-state index in [1.54, 1.807) is 7.11 Å². The minimum atomic E-state index is 0.368. The topological polar surface area (TPSA) is 74.1 Å². The molecule has 2 rings (SSSR count). The van der Waals surface area contributed by atoms with E-state index in [4.69, 9.17) is 9.47 Å². The lowest BCUT2D eigenvalue weighted by atomic mass is 10.1. The average molecular weight is 269 g/mol. The molecule has 2 heterocycles. The second kappa shape index (κ2) is 8.19. The number of nitrogens with zero attached hydrogens (tertiary/aromatic N) is 4. The zero-order valence-electron chi connectivity index (χ0n) is 11.5. The highest BCUT2D eigenvalue weighted by Crippen LogP contribution is 2.16. The van der Waals surface area contributed by atoms with E-state index in [9.17, 15) is 0 Å². The number of methoxy groups -OCH3 is 1. The molecule has 1 aromatic rings. The van der Waals surface area contributed by atoms with Gasteiger partial charge in [-0.1, -0.05) is 0 Å². The van der Waals surface area contributed by atoms with E-state index in [2.05, 4.69) is 20.8 Å². The molecule has 7 nitrogen and oxygen atoms in total. The van der Waals surface area contributed by atoms with Gasteiger partial charge in [-0.3, -0.25) is 0 Å². The summed E-state index contributed by atoms with van der Waals surface area (Å²) < 4.78 is 12.6. The summed E-state index contributed by atoms with van der Waals surface area (Å²) >= 11 is 0. The SMILES string of the molecule is COCCNCc1nnnn1CCC1CCCCO1. The Balaban J connectivity index is 1.72. The van der Waals surface area contributed by atoms with E-state index in [0.29, 0.717) is 19.3 Å². The first-order valence-electron chi connectivity index (χ1n) is 6.96. The van der Waals surface area contributed by atoms with Crippen LogP contribution in [0.15, 0.2) is 0 Å². The number of hydrogen-bond acceptors (Lipinski definition) is 6. The molecule has 1 atom stereocenters. The lowest BCUT2D eigenvalue weighted by Gasteiger charge is -2.22. The highest BCUT2D eigenvalue weighted by Gasteiger charge is 2.15. The first-order chi connectivity index (χ1) is 9.40. The van der Waals surface area contributed by atoms with Gasteiger partial charge in [0.2, 0.25) is 0 Å². The molecule has 1 N–H and O–H groups in total. The van der Waals surface area contributed by atoms with Gasteiger partial charge in [-0.05, 0) is 36.1 Å². The van der Waals surface area contributed by atoms with Gasteiger partial charge in [0.15, 0.2) is 5.82 Å². The first kappa shape index (κ1) is 14.4. The molecule has 7 heteroatoms. The third-order valence-electron chi connectivity index (χ3n) is 3.31. The van der Waals surface area contributed by atoms with Crippen molar-refractivity contribution in [1.82, 2.24) is 25.5 Å². The molecule has 0 spiro atoms. The Bertz CT molecular complexity index is 352. The summed E-state index contributed by atoms with van der Waals surface area (Å²) in [5.74, 6) is 0.868. The zero-order valence-corrected chi connectivity index (χ0v) is 11.5. The van der Waals surface area contributed by atoms with Gasteiger partial charge in [0.1, 0.15) is 0 Å². The Kier molecular flexibility index (Phi) is 6.19. The summed E-state index contributed by atoms with van der Waals surface area (Å²) in [6, 6.07) is 0. The summed E-state index contributed by atoms with van der Waals surface area (Å²) in [6.45, 7) is 3.87. The van der Waals surface area contributed by atoms with E-state index < -0.39 is 0 Å². The molecular formula is C12H23N5O2. The van der Waals surface area contributed by atoms with Gasteiger partial charge < -0.3 is 14.8 Å². The Morgan fingerprint density at radius 2 is 2.42 bits per heavy atom. The van der Waals surface area contributed by atoms with Crippen molar-refractivity contribution in [3.63, 3.8) is 0 Å². The van der Waals surface area contributed by atoms with Crippen molar-refractivity contribution in [3.8, 4) is 0 Å². The maximum absolute atomic E-state index is 5.72. The lowest BCUT2D eigenvalue weighted by Crippen LogP contribution is -2.24. The van der Waals surface area contributed by atoms with Crippen LogP contribution in [0.5, 0.6) is 0 Å². The number of aryl methyl sites for hydroxylation is 1. The fourth-order valence-corrected chi connectivity index (χ4v) is 2.20. The van der Waals surface area contributed by atoms with Crippen LogP contribution in [-0.4, -0.2) is 53.2 Å². The average Bonchev–Trinajstić information content (AvgIpc) is 2.90. The molecule has 1 unspecified atom stereocenters. The molecule has 1 fully saturated rings. The van der Waals surface area contributed by atoms with Crippen molar-refractivity contribution in [1.29, 1.82) is 0 Å². The van der Waals surface area contributed by atoms with Crippen LogP contribution < -0.4 is 5.32 Å². The molecule has 1 aliphatic heterocycles. The second-order valence-electron chi connectivity index (χ2n) is 4.77. The largest absolute Gasteiger partial charge is 0.383 e. The van der Waals surface area contributed by atoms with Crippen molar-refractivity contribution in [2.45, 2.75) is 44.9 Å². The molecule has 19 heavy (non-hydrogen) atoms. The van der Waals surface area contributed by atoms with Gasteiger partial charge in [-0.2, -0.15) is 0 Å². The van der Waals surface area contributed by atoms with Crippen molar-refractivity contribution < 1.29 is 9.47 Å². The molecule has 0 amide bonds. The van der Waals surface area contributed by atoms with Crippen LogP contribution in [0.25, 0.3) is 0 Å². The molecule has 0 aliphatic carbocycles. The molecule has 0 bridgehead atoms. The predicted octanol–water partition coefficient (Wildman–Crippen LogP) is 0.368. The highest BCUT2D eigenvalue weighted by molar-refractivity contribution is 4.80. The number of hydrogen-bond donors (Lipinski definition) is 1. The minimum absolute atomic E-state index is 0.368. The third kappa shape index (κ3) is 4.85. The molecule has 0 saturated carbocycles. The molecule has 0 aromatic carbocycles. The summed E-state index contributed by atoms with van der Waals surface area (Å²) in [7, 11) is 1.69. The Morgan fingerprint density at radius 1 is 1.47 bits per heavy atom. The van der Waals surface area contributed by atoms with Crippen molar-refractivity contribution in [3.05, 3.63) is 5.82 Å². The predicted molar refractivity (Wildman–Crippen MR) is 69.6 cm³/mol. The molecule has 1 aromatic heterocycles. The smallest absolute Gasteiger partial charge is 0.165 e. The first-order valence-corrected chi connectivity index (χ1v) is 6.96. The molecule has 108 valence electrons. The van der Waals surface area contributed by atoms with Crippen molar-refractivity contribution in [2.24, 2.45) is 0 Å². The number of ether oxygens (including phenoxy) is 2. The lowest BCUT2D eigenvalue weighted by molar-refractivity contribution is 0.00806. The van der Waals surface area contributed by atoms with Crippen LogP contribution in [0.1, 0.15) is 31.5 Å². The van der Waals surface area contributed by atoms with E-state index >= 15 is 0 Å². The van der Waals surface area contributed by atoms with Gasteiger partial charge in [-0.25, -0.2) is 4.68 Å². The molecular weight excluding hydrogens is 246 g/mol. The molecule has 1 aliphatic rings. The maximum atomic E-state index is 5.72. The van der Waals surface area contributed by atoms with Crippen LogP contribution in [-0.2, 0) is 22.6 Å². The third-order valence-corrected chi connectivity index (χ3v) is 3.31. The van der Waals surface area contributed by atoms with Gasteiger partial charge in [0, 0.05) is 26.8 Å². The quantitative estimate of drug-likeness (QED) is 0.687. The second-order valence-corrected chi connectivity index (χ2v) is 4.77. The van der Waals surface area contributed by atoms with E-state index in [0.717, 1.165) is 38.4 Å². The van der Waals surface area contributed by atoms with E-state index in [1.807, 2.05) is 4.68 Å². The minimum Gasteiger partial charge on any atom is -0.383 e. The fourth-order valence-electron chi connectivity index (χ4n) is 2.20. The molecule has 1 saturated heterocycles. The number of tetrazole rings is 1. The Morgan fingerprint density at radius 3 is 3.21 bits per heavy atom. The van der Waals surface area contributed by atoms with Gasteiger partial charge in [0.05, 0.1) is 19.3 Å². The van der Waals surface area contributed by atoms with E-state index in [-0.39, 0.29) is 0 Å². The van der Waals surface area contributed by atoms with Gasteiger partial charge in [-0.15, -0.1) is 5.10 Å². The number of nitrogens with one attached hydrogen (secondary N) is 1. The van der Waals surface area contributed by atoms with Gasteiger partial charge >= 0.3 is 0 Å². The number of rotatable bonds is 8. The maximum Gasteiger partial charge on any atom is 0.165 e. The summed E-state index contributed by atoms with van der Waals surface area (Å²) in [5, 5.41) is 15.0. The van der Waals surface area contributed by atoms with Crippen molar-refractivity contribution in [2.75, 3.05) is 26.9 Å². The van der Waals surface area contributed by atoms with Crippen LogP contribution >= 0.6 is 0 Å². The Hall–Kier alpha value is -1.05. The zero-order chi connectivity index (χ0) is 13.3. The normalized spacial score (nSPS) is 19.7. The Labute approximate surface area is 113 Å². The summed E-state index contributed by atoms with van der Waals surface area (Å²) in [5.41, 5.74) is 0. The fraction of sp³-hybridized carbons (Fsp3) is 0.917. The molecule has 0 radical (unpaired) electrons. The van der Waals surface area contributed by atoms with Crippen LogP contribution in [0.4, 0.5) is 0 Å². The standard InChI is InChI=1S/C12H23N5O2/c1-18-9-6-13-10-12-14-15-16-17(12)7-5-11-4-2-3-8-19-11/h11,13H,2-10H2,1H3. The summed E-state index contributed by atoms with van der Waals surface area (Å²) in [6.07, 6.45) is 4.97. The van der Waals surface area contributed by atoms with Crippen molar-refractivity contribution >= 4 is 0 Å². The van der Waals surface area contributed by atoms with Crippen LogP contribution in [0.2, 0.25) is 0 Å². The van der Waals surface area contributed by atoms with Crippen LogP contribution in [0, 0.1) is 0 Å². The number of aromatic nitrogens is 4. The van der Waals surface area contributed by atoms with E-state index in [1.165, 1.54) is 12.8 Å².